The van der Waals surface area contributed by atoms with Crippen molar-refractivity contribution in [3.8, 4) is 0 Å². The lowest BCUT2D eigenvalue weighted by molar-refractivity contribution is 0.0936. The van der Waals surface area contributed by atoms with Crippen molar-refractivity contribution < 1.29 is 9.90 Å². The molecule has 6 nitrogen and oxygen atoms in total. The molecule has 1 aliphatic carbocycles. The molecule has 110 valence electrons. The Morgan fingerprint density at radius 1 is 1.33 bits per heavy atom. The molecule has 2 aromatic rings. The van der Waals surface area contributed by atoms with Gasteiger partial charge in [-0.3, -0.25) is 9.59 Å². The fourth-order valence-electron chi connectivity index (χ4n) is 2.57. The highest BCUT2D eigenvalue weighted by Crippen LogP contribution is 2.47. The SMILES string of the molecule is O=C(NCC1(CCO)CC1)c1n[nH]c(=O)c2ccccc12. The molecular weight excluding hydrogens is 270 g/mol. The van der Waals surface area contributed by atoms with Crippen molar-refractivity contribution in [1.82, 2.24) is 15.5 Å². The molecule has 1 heterocycles. The minimum atomic E-state index is -0.305. The number of carbonyl (C=O) groups is 1. The van der Waals surface area contributed by atoms with Crippen LogP contribution in [0.15, 0.2) is 29.1 Å². The Bertz CT molecular complexity index is 734. The second kappa shape index (κ2) is 5.29. The molecule has 1 aromatic heterocycles. The molecule has 0 saturated heterocycles. The first kappa shape index (κ1) is 13.8. The number of carbonyl (C=O) groups excluding carboxylic acids is 1. The van der Waals surface area contributed by atoms with E-state index < -0.39 is 0 Å². The van der Waals surface area contributed by atoms with Crippen LogP contribution in [0.2, 0.25) is 0 Å². The van der Waals surface area contributed by atoms with Crippen LogP contribution in [0.4, 0.5) is 0 Å². The number of nitrogens with one attached hydrogen (secondary N) is 2. The van der Waals surface area contributed by atoms with Crippen molar-refractivity contribution >= 4 is 16.7 Å². The lowest BCUT2D eigenvalue weighted by Crippen LogP contribution is -2.32. The van der Waals surface area contributed by atoms with Gasteiger partial charge in [0, 0.05) is 18.5 Å². The molecule has 0 aliphatic heterocycles. The first-order chi connectivity index (χ1) is 10.2. The molecule has 0 unspecified atom stereocenters. The van der Waals surface area contributed by atoms with Gasteiger partial charge in [0.15, 0.2) is 5.69 Å². The third kappa shape index (κ3) is 2.67. The third-order valence-corrected chi connectivity index (χ3v) is 4.13. The molecular formula is C15H17N3O3. The van der Waals surface area contributed by atoms with E-state index in [1.54, 1.807) is 24.3 Å². The maximum Gasteiger partial charge on any atom is 0.272 e. The standard InChI is InChI=1S/C15H17N3O3/c19-8-7-15(5-6-15)9-16-14(21)12-10-3-1-2-4-11(10)13(20)18-17-12/h1-4,19H,5-9H2,(H,16,21)(H,18,20). The molecule has 1 amide bonds. The third-order valence-electron chi connectivity index (χ3n) is 4.13. The molecule has 0 radical (unpaired) electrons. The summed E-state index contributed by atoms with van der Waals surface area (Å²) in [6, 6.07) is 6.90. The van der Waals surface area contributed by atoms with Crippen molar-refractivity contribution in [2.75, 3.05) is 13.2 Å². The predicted molar refractivity (Wildman–Crippen MR) is 78.1 cm³/mol. The number of aliphatic hydroxyl groups excluding tert-OH is 1. The van der Waals surface area contributed by atoms with E-state index in [1.807, 2.05) is 0 Å². The van der Waals surface area contributed by atoms with E-state index in [-0.39, 0.29) is 29.2 Å². The summed E-state index contributed by atoms with van der Waals surface area (Å²) >= 11 is 0. The zero-order valence-electron chi connectivity index (χ0n) is 11.6. The Morgan fingerprint density at radius 2 is 2.05 bits per heavy atom. The molecule has 0 spiro atoms. The van der Waals surface area contributed by atoms with Gasteiger partial charge in [-0.25, -0.2) is 5.10 Å². The number of hydrogen-bond acceptors (Lipinski definition) is 4. The zero-order chi connectivity index (χ0) is 14.9. The van der Waals surface area contributed by atoms with Crippen molar-refractivity contribution in [3.05, 3.63) is 40.3 Å². The summed E-state index contributed by atoms with van der Waals surface area (Å²) in [6.07, 6.45) is 2.74. The van der Waals surface area contributed by atoms with E-state index in [1.165, 1.54) is 0 Å². The Labute approximate surface area is 121 Å². The molecule has 1 aromatic carbocycles. The van der Waals surface area contributed by atoms with Crippen molar-refractivity contribution in [3.63, 3.8) is 0 Å². The largest absolute Gasteiger partial charge is 0.396 e. The number of hydrogen-bond donors (Lipinski definition) is 3. The van der Waals surface area contributed by atoms with Crippen LogP contribution in [0.1, 0.15) is 29.8 Å². The number of amides is 1. The highest BCUT2D eigenvalue weighted by molar-refractivity contribution is 6.04. The lowest BCUT2D eigenvalue weighted by atomic mass is 10.0. The van der Waals surface area contributed by atoms with Crippen LogP contribution in [-0.4, -0.2) is 34.4 Å². The number of fused-ring (bicyclic) bond motifs is 1. The molecule has 1 fully saturated rings. The Hall–Kier alpha value is -2.21. The second-order valence-electron chi connectivity index (χ2n) is 5.60. The quantitative estimate of drug-likeness (QED) is 0.758. The van der Waals surface area contributed by atoms with Crippen LogP contribution in [0, 0.1) is 5.41 Å². The van der Waals surface area contributed by atoms with Gasteiger partial charge in [0.05, 0.1) is 5.39 Å². The molecule has 6 heteroatoms. The number of aromatic amines is 1. The van der Waals surface area contributed by atoms with Crippen molar-refractivity contribution in [1.29, 1.82) is 0 Å². The minimum Gasteiger partial charge on any atom is -0.396 e. The highest BCUT2D eigenvalue weighted by atomic mass is 16.3. The topological polar surface area (TPSA) is 95.1 Å². The van der Waals surface area contributed by atoms with Gasteiger partial charge >= 0.3 is 0 Å². The smallest absolute Gasteiger partial charge is 0.272 e. The van der Waals surface area contributed by atoms with Crippen molar-refractivity contribution in [2.45, 2.75) is 19.3 Å². The van der Waals surface area contributed by atoms with Gasteiger partial charge in [0.25, 0.3) is 11.5 Å². The number of aliphatic hydroxyl groups is 1. The molecule has 3 N–H and O–H groups in total. The number of rotatable bonds is 5. The monoisotopic (exact) mass is 287 g/mol. The summed E-state index contributed by atoms with van der Waals surface area (Å²) in [7, 11) is 0. The summed E-state index contributed by atoms with van der Waals surface area (Å²) in [4.78, 5) is 24.0. The fourth-order valence-corrected chi connectivity index (χ4v) is 2.57. The normalized spacial score (nSPS) is 15.9. The summed E-state index contributed by atoms with van der Waals surface area (Å²) in [5, 5.41) is 19.1. The van der Waals surface area contributed by atoms with Crippen molar-refractivity contribution in [2.24, 2.45) is 5.41 Å². The van der Waals surface area contributed by atoms with Crippen LogP contribution in [-0.2, 0) is 0 Å². The van der Waals surface area contributed by atoms with Gasteiger partial charge in [0.1, 0.15) is 0 Å². The predicted octanol–water partition coefficient (Wildman–Crippen LogP) is 0.815. The lowest BCUT2D eigenvalue weighted by Gasteiger charge is -2.14. The molecule has 21 heavy (non-hydrogen) atoms. The van der Waals surface area contributed by atoms with Crippen LogP contribution in [0.3, 0.4) is 0 Å². The molecule has 1 aliphatic rings. The van der Waals surface area contributed by atoms with E-state index in [4.69, 9.17) is 5.11 Å². The number of H-pyrrole nitrogens is 1. The summed E-state index contributed by atoms with van der Waals surface area (Å²) in [5.41, 5.74) is -0.0336. The van der Waals surface area contributed by atoms with Crippen LogP contribution in [0.25, 0.3) is 10.8 Å². The maximum absolute atomic E-state index is 12.3. The summed E-state index contributed by atoms with van der Waals surface area (Å²) < 4.78 is 0. The number of aromatic nitrogens is 2. The molecule has 1 saturated carbocycles. The summed E-state index contributed by atoms with van der Waals surface area (Å²) in [6.45, 7) is 0.664. The van der Waals surface area contributed by atoms with E-state index in [0.29, 0.717) is 23.7 Å². The van der Waals surface area contributed by atoms with Gasteiger partial charge in [-0.05, 0) is 30.7 Å². The van der Waals surface area contributed by atoms with E-state index in [2.05, 4.69) is 15.5 Å². The van der Waals surface area contributed by atoms with Gasteiger partial charge in [-0.2, -0.15) is 5.10 Å². The van der Waals surface area contributed by atoms with Crippen LogP contribution in [0.5, 0.6) is 0 Å². The van der Waals surface area contributed by atoms with Gasteiger partial charge in [-0.1, -0.05) is 18.2 Å². The molecule has 0 atom stereocenters. The molecule has 3 rings (SSSR count). The first-order valence-corrected chi connectivity index (χ1v) is 7.02. The summed E-state index contributed by atoms with van der Waals surface area (Å²) in [5.74, 6) is -0.299. The van der Waals surface area contributed by atoms with E-state index in [0.717, 1.165) is 12.8 Å². The number of benzene rings is 1. The second-order valence-corrected chi connectivity index (χ2v) is 5.60. The van der Waals surface area contributed by atoms with Crippen LogP contribution >= 0.6 is 0 Å². The van der Waals surface area contributed by atoms with Gasteiger partial charge < -0.3 is 10.4 Å². The minimum absolute atomic E-state index is 0.0441. The van der Waals surface area contributed by atoms with Gasteiger partial charge in [0.2, 0.25) is 0 Å². The fraction of sp³-hybridized carbons (Fsp3) is 0.400. The molecule has 0 bridgehead atoms. The Morgan fingerprint density at radius 3 is 2.71 bits per heavy atom. The first-order valence-electron chi connectivity index (χ1n) is 7.02. The van der Waals surface area contributed by atoms with E-state index in [9.17, 15) is 9.59 Å². The average molecular weight is 287 g/mol. The van der Waals surface area contributed by atoms with Gasteiger partial charge in [-0.15, -0.1) is 0 Å². The Kier molecular flexibility index (Phi) is 3.47. The zero-order valence-corrected chi connectivity index (χ0v) is 11.6. The average Bonchev–Trinajstić information content (AvgIpc) is 3.26. The van der Waals surface area contributed by atoms with Crippen LogP contribution < -0.4 is 10.9 Å². The maximum atomic E-state index is 12.3. The van der Waals surface area contributed by atoms with E-state index >= 15 is 0 Å². The Balaban J connectivity index is 1.82. The highest BCUT2D eigenvalue weighted by Gasteiger charge is 2.42. The number of nitrogens with zero attached hydrogens (tertiary/aromatic N) is 1.